The highest BCUT2D eigenvalue weighted by Crippen LogP contribution is 2.31. The highest BCUT2D eigenvalue weighted by atomic mass is 127. The number of nitrogens with zero attached hydrogens (tertiary/aromatic N) is 1. The molecular weight excluding hydrogens is 504 g/mol. The molecule has 1 aromatic carbocycles. The van der Waals surface area contributed by atoms with Gasteiger partial charge in [-0.3, -0.25) is 4.99 Å². The Morgan fingerprint density at radius 2 is 2.07 bits per heavy atom. The molecule has 1 aromatic rings. The van der Waals surface area contributed by atoms with Gasteiger partial charge in [-0.25, -0.2) is 0 Å². The number of hydrogen-bond acceptors (Lipinski definition) is 4. The smallest absolute Gasteiger partial charge is 0.191 e. The minimum absolute atomic E-state index is 0. The van der Waals surface area contributed by atoms with Gasteiger partial charge in [0.1, 0.15) is 17.4 Å². The fraction of sp³-hybridized carbons (Fsp3) is 0.611. The van der Waals surface area contributed by atoms with Crippen molar-refractivity contribution in [2.24, 2.45) is 10.9 Å². The molecule has 0 saturated carbocycles. The van der Waals surface area contributed by atoms with Gasteiger partial charge in [-0.05, 0) is 25.0 Å². The van der Waals surface area contributed by atoms with Crippen LogP contribution in [0.1, 0.15) is 12.8 Å². The third-order valence-corrected chi connectivity index (χ3v) is 4.73. The number of hydrogen-bond donors (Lipinski definition) is 2. The van der Waals surface area contributed by atoms with Crippen molar-refractivity contribution in [3.8, 4) is 5.75 Å². The highest BCUT2D eigenvalue weighted by Gasteiger charge is 2.15. The van der Waals surface area contributed by atoms with E-state index in [0.29, 0.717) is 34.9 Å². The monoisotopic (exact) mass is 531 g/mol. The van der Waals surface area contributed by atoms with Crippen LogP contribution in [0.5, 0.6) is 5.75 Å². The summed E-state index contributed by atoms with van der Waals surface area (Å²) in [6.45, 7) is 5.06. The summed E-state index contributed by atoms with van der Waals surface area (Å²) < 4.78 is 16.6. The van der Waals surface area contributed by atoms with Crippen molar-refractivity contribution in [1.82, 2.24) is 10.6 Å². The number of aliphatic imine (C=N–C) groups is 1. The first kappa shape index (κ1) is 24.6. The number of nitrogens with one attached hydrogen (secondary N) is 2. The summed E-state index contributed by atoms with van der Waals surface area (Å²) in [4.78, 5) is 4.18. The van der Waals surface area contributed by atoms with E-state index in [2.05, 4.69) is 15.6 Å². The summed E-state index contributed by atoms with van der Waals surface area (Å²) in [6, 6.07) is 5.32. The molecule has 27 heavy (non-hydrogen) atoms. The first-order valence-corrected chi connectivity index (χ1v) is 9.63. The van der Waals surface area contributed by atoms with Crippen LogP contribution in [0.15, 0.2) is 23.2 Å². The van der Waals surface area contributed by atoms with E-state index in [4.69, 9.17) is 37.4 Å². The SMILES string of the molecule is CN=C(NCCCOCC1CCOC1)NCCOc1cccc(Cl)c1Cl.I. The van der Waals surface area contributed by atoms with E-state index in [1.807, 2.05) is 0 Å². The Labute approximate surface area is 188 Å². The molecule has 1 atom stereocenters. The van der Waals surface area contributed by atoms with Crippen molar-refractivity contribution in [3.05, 3.63) is 28.2 Å². The lowest BCUT2D eigenvalue weighted by Crippen LogP contribution is -2.39. The largest absolute Gasteiger partial charge is 0.490 e. The Kier molecular flexibility index (Phi) is 13.2. The zero-order valence-corrected chi connectivity index (χ0v) is 19.4. The maximum atomic E-state index is 6.08. The van der Waals surface area contributed by atoms with Crippen LogP contribution >= 0.6 is 47.2 Å². The van der Waals surface area contributed by atoms with E-state index < -0.39 is 0 Å². The summed E-state index contributed by atoms with van der Waals surface area (Å²) in [5, 5.41) is 7.35. The molecule has 154 valence electrons. The third-order valence-electron chi connectivity index (χ3n) is 3.93. The second-order valence-corrected chi connectivity index (χ2v) is 6.77. The Balaban J connectivity index is 0.00000364. The standard InChI is InChI=1S/C18H27Cl2N3O3.HI/c1-21-18(22-7-3-9-24-12-14-6-10-25-13-14)23-8-11-26-16-5-2-4-15(19)17(16)20;/h2,4-5,14H,3,6-13H2,1H3,(H2,21,22,23);1H. The summed E-state index contributed by atoms with van der Waals surface area (Å²) >= 11 is 12.0. The van der Waals surface area contributed by atoms with Gasteiger partial charge in [0.2, 0.25) is 0 Å². The third kappa shape index (κ3) is 9.51. The number of rotatable bonds is 10. The van der Waals surface area contributed by atoms with Crippen LogP contribution in [0.4, 0.5) is 0 Å². The average Bonchev–Trinajstić information content (AvgIpc) is 3.16. The van der Waals surface area contributed by atoms with Gasteiger partial charge < -0.3 is 24.8 Å². The van der Waals surface area contributed by atoms with Crippen molar-refractivity contribution >= 4 is 53.1 Å². The van der Waals surface area contributed by atoms with Gasteiger partial charge in [0.15, 0.2) is 5.96 Å². The fourth-order valence-electron chi connectivity index (χ4n) is 2.49. The van der Waals surface area contributed by atoms with Gasteiger partial charge in [-0.15, -0.1) is 24.0 Å². The summed E-state index contributed by atoms with van der Waals surface area (Å²) in [5.41, 5.74) is 0. The van der Waals surface area contributed by atoms with Crippen molar-refractivity contribution in [1.29, 1.82) is 0 Å². The van der Waals surface area contributed by atoms with Crippen LogP contribution in [0.3, 0.4) is 0 Å². The van der Waals surface area contributed by atoms with Crippen molar-refractivity contribution in [3.63, 3.8) is 0 Å². The Bertz CT molecular complexity index is 573. The number of benzene rings is 1. The van der Waals surface area contributed by atoms with E-state index >= 15 is 0 Å². The molecule has 0 aliphatic carbocycles. The lowest BCUT2D eigenvalue weighted by atomic mass is 10.1. The molecule has 1 unspecified atom stereocenters. The molecule has 6 nitrogen and oxygen atoms in total. The van der Waals surface area contributed by atoms with Gasteiger partial charge in [0.05, 0.1) is 24.8 Å². The highest BCUT2D eigenvalue weighted by molar-refractivity contribution is 14.0. The fourth-order valence-corrected chi connectivity index (χ4v) is 2.84. The molecular formula is C18H28Cl2IN3O3. The quantitative estimate of drug-likeness (QED) is 0.209. The molecule has 1 heterocycles. The molecule has 0 spiro atoms. The normalized spacial score (nSPS) is 16.7. The van der Waals surface area contributed by atoms with E-state index in [1.54, 1.807) is 25.2 Å². The number of guanidine groups is 1. The summed E-state index contributed by atoms with van der Waals surface area (Å²) in [5.74, 6) is 1.87. The maximum absolute atomic E-state index is 6.08. The maximum Gasteiger partial charge on any atom is 0.191 e. The Morgan fingerprint density at radius 3 is 2.81 bits per heavy atom. The molecule has 0 aromatic heterocycles. The molecule has 0 amide bonds. The Hall–Kier alpha value is -0.480. The predicted octanol–water partition coefficient (Wildman–Crippen LogP) is 3.60. The van der Waals surface area contributed by atoms with Crippen LogP contribution in [-0.4, -0.2) is 59.1 Å². The molecule has 1 saturated heterocycles. The van der Waals surface area contributed by atoms with Crippen LogP contribution in [0.2, 0.25) is 10.0 Å². The summed E-state index contributed by atoms with van der Waals surface area (Å²) in [7, 11) is 1.74. The second-order valence-electron chi connectivity index (χ2n) is 5.98. The molecule has 0 bridgehead atoms. The van der Waals surface area contributed by atoms with Crippen LogP contribution < -0.4 is 15.4 Å². The summed E-state index contributed by atoms with van der Waals surface area (Å²) in [6.07, 6.45) is 2.03. The van der Waals surface area contributed by atoms with Crippen LogP contribution in [-0.2, 0) is 9.47 Å². The van der Waals surface area contributed by atoms with Crippen molar-refractivity contribution in [2.75, 3.05) is 53.2 Å². The van der Waals surface area contributed by atoms with Crippen LogP contribution in [0.25, 0.3) is 0 Å². The van der Waals surface area contributed by atoms with Gasteiger partial charge in [-0.2, -0.15) is 0 Å². The van der Waals surface area contributed by atoms with E-state index in [9.17, 15) is 0 Å². The minimum atomic E-state index is 0. The zero-order chi connectivity index (χ0) is 18.6. The van der Waals surface area contributed by atoms with E-state index in [0.717, 1.165) is 51.8 Å². The number of halogens is 3. The van der Waals surface area contributed by atoms with E-state index in [1.165, 1.54) is 0 Å². The van der Waals surface area contributed by atoms with Crippen LogP contribution in [0, 0.1) is 5.92 Å². The number of ether oxygens (including phenoxy) is 3. The molecule has 2 N–H and O–H groups in total. The molecule has 2 rings (SSSR count). The topological polar surface area (TPSA) is 64.1 Å². The lowest BCUT2D eigenvalue weighted by molar-refractivity contribution is 0.0888. The van der Waals surface area contributed by atoms with Crippen molar-refractivity contribution in [2.45, 2.75) is 12.8 Å². The van der Waals surface area contributed by atoms with Crippen molar-refractivity contribution < 1.29 is 14.2 Å². The second kappa shape index (κ2) is 14.5. The average molecular weight is 532 g/mol. The predicted molar refractivity (Wildman–Crippen MR) is 121 cm³/mol. The van der Waals surface area contributed by atoms with Gasteiger partial charge in [0.25, 0.3) is 0 Å². The van der Waals surface area contributed by atoms with Gasteiger partial charge in [0, 0.05) is 32.7 Å². The van der Waals surface area contributed by atoms with Gasteiger partial charge >= 0.3 is 0 Å². The zero-order valence-electron chi connectivity index (χ0n) is 15.5. The lowest BCUT2D eigenvalue weighted by Gasteiger charge is -2.13. The Morgan fingerprint density at radius 1 is 1.26 bits per heavy atom. The van der Waals surface area contributed by atoms with E-state index in [-0.39, 0.29) is 24.0 Å². The molecule has 0 radical (unpaired) electrons. The minimum Gasteiger partial charge on any atom is -0.490 e. The molecule has 1 fully saturated rings. The first-order chi connectivity index (χ1) is 12.7. The first-order valence-electron chi connectivity index (χ1n) is 8.87. The van der Waals surface area contributed by atoms with Gasteiger partial charge in [-0.1, -0.05) is 29.3 Å². The molecule has 9 heteroatoms. The molecule has 1 aliphatic rings. The molecule has 1 aliphatic heterocycles.